The zero-order valence-electron chi connectivity index (χ0n) is 17.7. The summed E-state index contributed by atoms with van der Waals surface area (Å²) in [6.45, 7) is 6.21. The Morgan fingerprint density at radius 1 is 1.29 bits per heavy atom. The van der Waals surface area contributed by atoms with Crippen LogP contribution in [0.15, 0.2) is 18.2 Å². The van der Waals surface area contributed by atoms with E-state index in [4.69, 9.17) is 15.2 Å². The topological polar surface area (TPSA) is 85.1 Å². The van der Waals surface area contributed by atoms with Gasteiger partial charge in [-0.05, 0) is 36.1 Å². The van der Waals surface area contributed by atoms with Gasteiger partial charge in [0.25, 0.3) is 0 Å². The Bertz CT molecular complexity index is 705. The Balaban J connectivity index is 1.93. The molecule has 2 N–H and O–H groups in total. The van der Waals surface area contributed by atoms with Crippen LogP contribution in [0.1, 0.15) is 25.8 Å². The smallest absolute Gasteiger partial charge is 0.227 e. The second-order valence-electron chi connectivity index (χ2n) is 8.24. The van der Waals surface area contributed by atoms with Gasteiger partial charge in [-0.1, -0.05) is 19.9 Å². The number of methoxy groups -OCH3 is 2. The summed E-state index contributed by atoms with van der Waals surface area (Å²) in [6, 6.07) is 5.75. The number of nitrogens with two attached hydrogens (primary N) is 1. The van der Waals surface area contributed by atoms with Gasteiger partial charge in [0.2, 0.25) is 11.8 Å². The number of likely N-dealkylation sites (tertiary alicyclic amines) is 1. The van der Waals surface area contributed by atoms with E-state index in [1.54, 1.807) is 31.1 Å². The Hall–Kier alpha value is -2.28. The van der Waals surface area contributed by atoms with Crippen molar-refractivity contribution < 1.29 is 19.1 Å². The number of amides is 2. The molecule has 0 saturated carbocycles. The van der Waals surface area contributed by atoms with E-state index in [-0.39, 0.29) is 29.6 Å². The molecule has 0 spiro atoms. The van der Waals surface area contributed by atoms with Crippen molar-refractivity contribution >= 4 is 11.8 Å². The van der Waals surface area contributed by atoms with Gasteiger partial charge in [-0.2, -0.15) is 0 Å². The van der Waals surface area contributed by atoms with Crippen LogP contribution in [0.5, 0.6) is 11.5 Å². The Morgan fingerprint density at radius 3 is 2.57 bits per heavy atom. The monoisotopic (exact) mass is 391 g/mol. The van der Waals surface area contributed by atoms with E-state index in [1.807, 2.05) is 32.0 Å². The van der Waals surface area contributed by atoms with Crippen molar-refractivity contribution in [1.29, 1.82) is 0 Å². The van der Waals surface area contributed by atoms with Crippen LogP contribution in [0.25, 0.3) is 0 Å². The van der Waals surface area contributed by atoms with Gasteiger partial charge in [0.15, 0.2) is 11.5 Å². The molecule has 2 amide bonds. The van der Waals surface area contributed by atoms with Crippen LogP contribution in [0.2, 0.25) is 0 Å². The van der Waals surface area contributed by atoms with E-state index in [9.17, 15) is 9.59 Å². The molecule has 1 aromatic carbocycles. The highest BCUT2D eigenvalue weighted by Gasteiger charge is 2.36. The van der Waals surface area contributed by atoms with E-state index in [0.717, 1.165) is 5.56 Å². The second-order valence-corrected chi connectivity index (χ2v) is 8.24. The molecule has 1 atom stereocenters. The molecule has 1 saturated heterocycles. The maximum atomic E-state index is 12.7. The molecular weight excluding hydrogens is 358 g/mol. The van der Waals surface area contributed by atoms with Gasteiger partial charge in [-0.3, -0.25) is 9.59 Å². The number of ether oxygens (including phenoxy) is 2. The van der Waals surface area contributed by atoms with Crippen LogP contribution in [0.3, 0.4) is 0 Å². The summed E-state index contributed by atoms with van der Waals surface area (Å²) >= 11 is 0. The van der Waals surface area contributed by atoms with E-state index in [1.165, 1.54) is 0 Å². The molecule has 1 aliphatic rings. The number of nitrogens with zero attached hydrogens (tertiary/aromatic N) is 2. The summed E-state index contributed by atoms with van der Waals surface area (Å²) in [7, 11) is 4.99. The number of rotatable bonds is 9. The maximum Gasteiger partial charge on any atom is 0.227 e. The number of hydrogen-bond acceptors (Lipinski definition) is 5. The molecule has 2 rings (SSSR count). The minimum Gasteiger partial charge on any atom is -0.493 e. The number of carbonyl (C=O) groups excluding carboxylic acids is 2. The fourth-order valence-corrected chi connectivity index (χ4v) is 3.55. The first kappa shape index (κ1) is 22.0. The molecule has 1 aliphatic heterocycles. The lowest BCUT2D eigenvalue weighted by Crippen LogP contribution is -2.42. The minimum atomic E-state index is -0.281. The third kappa shape index (κ3) is 5.38. The molecule has 156 valence electrons. The van der Waals surface area contributed by atoms with Gasteiger partial charge in [-0.15, -0.1) is 0 Å². The zero-order valence-corrected chi connectivity index (χ0v) is 17.7. The second kappa shape index (κ2) is 9.28. The van der Waals surface area contributed by atoms with E-state index >= 15 is 0 Å². The van der Waals surface area contributed by atoms with Crippen molar-refractivity contribution in [3.05, 3.63) is 23.8 Å². The summed E-state index contributed by atoms with van der Waals surface area (Å²) in [4.78, 5) is 28.6. The number of hydrogen-bond donors (Lipinski definition) is 1. The highest BCUT2D eigenvalue weighted by atomic mass is 16.5. The predicted molar refractivity (Wildman–Crippen MR) is 108 cm³/mol. The predicted octanol–water partition coefficient (Wildman–Crippen LogP) is 1.54. The molecule has 7 nitrogen and oxygen atoms in total. The van der Waals surface area contributed by atoms with Gasteiger partial charge in [-0.25, -0.2) is 0 Å². The summed E-state index contributed by atoms with van der Waals surface area (Å²) in [5.74, 6) is 1.12. The third-order valence-corrected chi connectivity index (χ3v) is 5.28. The van der Waals surface area contributed by atoms with Crippen molar-refractivity contribution in [2.24, 2.45) is 17.1 Å². The van der Waals surface area contributed by atoms with Crippen molar-refractivity contribution in [1.82, 2.24) is 9.80 Å². The van der Waals surface area contributed by atoms with Crippen LogP contribution < -0.4 is 15.2 Å². The molecule has 1 fully saturated rings. The normalized spacial score (nSPS) is 17.0. The van der Waals surface area contributed by atoms with E-state index in [2.05, 4.69) is 0 Å². The Kier molecular flexibility index (Phi) is 7.29. The highest BCUT2D eigenvalue weighted by Crippen LogP contribution is 2.28. The van der Waals surface area contributed by atoms with Gasteiger partial charge in [0.05, 0.1) is 20.1 Å². The van der Waals surface area contributed by atoms with Crippen molar-refractivity contribution in [3.63, 3.8) is 0 Å². The average molecular weight is 392 g/mol. The summed E-state index contributed by atoms with van der Waals surface area (Å²) < 4.78 is 10.6. The zero-order chi connectivity index (χ0) is 20.9. The fourth-order valence-electron chi connectivity index (χ4n) is 3.55. The first-order valence-corrected chi connectivity index (χ1v) is 9.64. The molecule has 1 unspecified atom stereocenters. The van der Waals surface area contributed by atoms with Crippen LogP contribution in [0, 0.1) is 11.3 Å². The summed E-state index contributed by atoms with van der Waals surface area (Å²) in [6.07, 6.45) is 0.973. The highest BCUT2D eigenvalue weighted by molar-refractivity contribution is 5.89. The molecule has 1 heterocycles. The lowest BCUT2D eigenvalue weighted by atomic mass is 9.92. The van der Waals surface area contributed by atoms with Gasteiger partial charge < -0.3 is 25.0 Å². The van der Waals surface area contributed by atoms with Crippen molar-refractivity contribution in [2.45, 2.75) is 26.7 Å². The molecule has 0 radical (unpaired) electrons. The standard InChI is InChI=1S/C21H33N3O4/c1-21(2,13-22)14-23(3)20(26)16-11-19(25)24(12-16)9-8-15-6-7-17(27-4)18(10-15)28-5/h6-7,10,16H,8-9,11-14,22H2,1-5H3. The number of benzene rings is 1. The first-order valence-electron chi connectivity index (χ1n) is 9.64. The third-order valence-electron chi connectivity index (χ3n) is 5.28. The van der Waals surface area contributed by atoms with E-state index in [0.29, 0.717) is 44.1 Å². The van der Waals surface area contributed by atoms with Crippen LogP contribution >= 0.6 is 0 Å². The van der Waals surface area contributed by atoms with Gasteiger partial charge >= 0.3 is 0 Å². The van der Waals surface area contributed by atoms with Crippen LogP contribution in [-0.4, -0.2) is 69.1 Å². The summed E-state index contributed by atoms with van der Waals surface area (Å²) in [5, 5.41) is 0. The average Bonchev–Trinajstić information content (AvgIpc) is 3.05. The molecule has 28 heavy (non-hydrogen) atoms. The van der Waals surface area contributed by atoms with Crippen LogP contribution in [-0.2, 0) is 16.0 Å². The van der Waals surface area contributed by atoms with E-state index < -0.39 is 0 Å². The maximum absolute atomic E-state index is 12.7. The largest absolute Gasteiger partial charge is 0.493 e. The SMILES string of the molecule is COc1ccc(CCN2CC(C(=O)N(C)CC(C)(C)CN)CC2=O)cc1OC. The molecule has 1 aromatic rings. The molecule has 0 aromatic heterocycles. The molecule has 0 bridgehead atoms. The quantitative estimate of drug-likeness (QED) is 0.690. The van der Waals surface area contributed by atoms with Gasteiger partial charge in [0.1, 0.15) is 0 Å². The minimum absolute atomic E-state index is 0.0171. The first-order chi connectivity index (χ1) is 13.2. The van der Waals surface area contributed by atoms with Crippen molar-refractivity contribution in [3.8, 4) is 11.5 Å². The lowest BCUT2D eigenvalue weighted by Gasteiger charge is -2.30. The molecule has 0 aliphatic carbocycles. The molecule has 7 heteroatoms. The lowest BCUT2D eigenvalue weighted by molar-refractivity contribution is -0.135. The summed E-state index contributed by atoms with van der Waals surface area (Å²) in [5.41, 5.74) is 6.69. The van der Waals surface area contributed by atoms with Crippen LogP contribution in [0.4, 0.5) is 0 Å². The fraction of sp³-hybridized carbons (Fsp3) is 0.619. The van der Waals surface area contributed by atoms with Crippen molar-refractivity contribution in [2.75, 3.05) is 47.4 Å². The Morgan fingerprint density at radius 2 is 1.96 bits per heavy atom. The van der Waals surface area contributed by atoms with Gasteiger partial charge in [0, 0.05) is 33.1 Å². The Labute approximate surface area is 167 Å². The molecular formula is C21H33N3O4. The number of carbonyl (C=O) groups is 2.